The average molecular weight is 416 g/mol. The first-order chi connectivity index (χ1) is 14.0. The number of thioether (sulfide) groups is 1. The summed E-state index contributed by atoms with van der Waals surface area (Å²) in [5.41, 5.74) is 1.18. The van der Waals surface area contributed by atoms with Crippen molar-refractivity contribution >= 4 is 22.7 Å². The van der Waals surface area contributed by atoms with Crippen LogP contribution in [0.4, 0.5) is 0 Å². The second-order valence-corrected chi connectivity index (χ2v) is 7.98. The summed E-state index contributed by atoms with van der Waals surface area (Å²) in [5.74, 6) is 0.459. The van der Waals surface area contributed by atoms with Gasteiger partial charge in [0.15, 0.2) is 10.5 Å². The summed E-state index contributed by atoms with van der Waals surface area (Å²) in [5, 5.41) is 20.2. The van der Waals surface area contributed by atoms with Crippen molar-refractivity contribution in [3.63, 3.8) is 0 Å². The van der Waals surface area contributed by atoms with E-state index in [4.69, 9.17) is 13.9 Å². The number of ether oxygens (including phenoxy) is 2. The first-order valence-electron chi connectivity index (χ1n) is 9.25. The van der Waals surface area contributed by atoms with Crippen LogP contribution < -0.4 is 10.2 Å². The number of aliphatic hydroxyl groups is 2. The molecule has 0 aliphatic carbocycles. The Morgan fingerprint density at radius 1 is 1.14 bits per heavy atom. The molecule has 0 bridgehead atoms. The molecular weight excluding hydrogens is 392 g/mol. The van der Waals surface area contributed by atoms with Gasteiger partial charge in [-0.05, 0) is 17.7 Å². The van der Waals surface area contributed by atoms with Crippen LogP contribution in [-0.4, -0.2) is 41.4 Å². The number of fused-ring (bicyclic) bond motifs is 1. The zero-order chi connectivity index (χ0) is 20.8. The van der Waals surface area contributed by atoms with Crippen LogP contribution in [0, 0.1) is 0 Å². The van der Waals surface area contributed by atoms with Gasteiger partial charge in [0.25, 0.3) is 0 Å². The Kier molecular flexibility index (Phi) is 7.33. The second kappa shape index (κ2) is 9.93. The molecule has 0 radical (unpaired) electrons. The van der Waals surface area contributed by atoms with Crippen molar-refractivity contribution in [2.24, 2.45) is 0 Å². The van der Waals surface area contributed by atoms with Gasteiger partial charge in [0.2, 0.25) is 0 Å². The van der Waals surface area contributed by atoms with Crippen LogP contribution in [0.2, 0.25) is 0 Å². The lowest BCUT2D eigenvalue weighted by atomic mass is 10.1. The molecule has 0 saturated heterocycles. The van der Waals surface area contributed by atoms with E-state index >= 15 is 0 Å². The van der Waals surface area contributed by atoms with E-state index in [1.54, 1.807) is 18.2 Å². The molecule has 0 saturated carbocycles. The second-order valence-electron chi connectivity index (χ2n) is 6.60. The lowest BCUT2D eigenvalue weighted by Crippen LogP contribution is -2.39. The molecule has 3 aromatic rings. The molecule has 7 heteroatoms. The topological polar surface area (TPSA) is 89.1 Å². The largest absolute Gasteiger partial charge is 0.496 e. The highest BCUT2D eigenvalue weighted by Gasteiger charge is 2.28. The summed E-state index contributed by atoms with van der Waals surface area (Å²) in [4.78, 5) is 12.6. The Balaban J connectivity index is 1.80. The monoisotopic (exact) mass is 416 g/mol. The minimum Gasteiger partial charge on any atom is -0.496 e. The minimum absolute atomic E-state index is 0.206. The predicted molar refractivity (Wildman–Crippen MR) is 112 cm³/mol. The van der Waals surface area contributed by atoms with Crippen LogP contribution in [0.3, 0.4) is 0 Å². The number of rotatable bonds is 9. The number of methoxy groups -OCH3 is 1. The van der Waals surface area contributed by atoms with Crippen LogP contribution in [0.1, 0.15) is 12.5 Å². The molecule has 0 amide bonds. The van der Waals surface area contributed by atoms with Gasteiger partial charge in [0.1, 0.15) is 22.8 Å². The molecular formula is C22H24O6S. The molecule has 154 valence electrons. The van der Waals surface area contributed by atoms with Gasteiger partial charge >= 0.3 is 0 Å². The van der Waals surface area contributed by atoms with E-state index in [0.29, 0.717) is 28.4 Å². The standard InChI is InChI=1S/C22H24O6S/c1-14(22(17(25)12-23)27-13-15-7-4-3-5-8-15)29-20-11-16(24)21-18(26-2)9-6-10-19(21)28-20/h3-11,14,17,22-23,25H,12-13H2,1-2H3/t14-,17-,22+/m0/s1. The average Bonchev–Trinajstić information content (AvgIpc) is 2.73. The fourth-order valence-electron chi connectivity index (χ4n) is 3.06. The van der Waals surface area contributed by atoms with Gasteiger partial charge in [0.05, 0.1) is 26.4 Å². The smallest absolute Gasteiger partial charge is 0.197 e. The zero-order valence-electron chi connectivity index (χ0n) is 16.3. The van der Waals surface area contributed by atoms with E-state index in [9.17, 15) is 15.0 Å². The lowest BCUT2D eigenvalue weighted by Gasteiger charge is -2.27. The van der Waals surface area contributed by atoms with Gasteiger partial charge in [-0.25, -0.2) is 0 Å². The minimum atomic E-state index is -1.06. The number of aliphatic hydroxyl groups excluding tert-OH is 2. The first-order valence-corrected chi connectivity index (χ1v) is 10.1. The van der Waals surface area contributed by atoms with Crippen molar-refractivity contribution in [2.75, 3.05) is 13.7 Å². The van der Waals surface area contributed by atoms with Gasteiger partial charge in [-0.2, -0.15) is 0 Å². The molecule has 0 fully saturated rings. The van der Waals surface area contributed by atoms with Crippen molar-refractivity contribution in [2.45, 2.75) is 36.1 Å². The maximum Gasteiger partial charge on any atom is 0.197 e. The van der Waals surface area contributed by atoms with Gasteiger partial charge < -0.3 is 24.1 Å². The van der Waals surface area contributed by atoms with Crippen molar-refractivity contribution in [3.05, 3.63) is 70.4 Å². The van der Waals surface area contributed by atoms with Crippen molar-refractivity contribution in [1.82, 2.24) is 0 Å². The quantitative estimate of drug-likeness (QED) is 0.518. The highest BCUT2D eigenvalue weighted by Crippen LogP contribution is 2.31. The highest BCUT2D eigenvalue weighted by atomic mass is 32.2. The molecule has 0 unspecified atom stereocenters. The highest BCUT2D eigenvalue weighted by molar-refractivity contribution is 7.99. The lowest BCUT2D eigenvalue weighted by molar-refractivity contribution is -0.0632. The van der Waals surface area contributed by atoms with Gasteiger partial charge in [-0.3, -0.25) is 4.79 Å². The van der Waals surface area contributed by atoms with Crippen LogP contribution in [0.25, 0.3) is 11.0 Å². The van der Waals surface area contributed by atoms with E-state index < -0.39 is 18.8 Å². The molecule has 29 heavy (non-hydrogen) atoms. The number of hydrogen-bond donors (Lipinski definition) is 2. The Labute approximate surface area is 173 Å². The molecule has 3 rings (SSSR count). The molecule has 1 aromatic heterocycles. The molecule has 0 spiro atoms. The predicted octanol–water partition coefficient (Wildman–Crippen LogP) is 3.22. The molecule has 2 aromatic carbocycles. The third-order valence-corrected chi connectivity index (χ3v) is 5.60. The molecule has 0 aliphatic rings. The van der Waals surface area contributed by atoms with Crippen molar-refractivity contribution in [1.29, 1.82) is 0 Å². The summed E-state index contributed by atoms with van der Waals surface area (Å²) >= 11 is 1.27. The summed E-state index contributed by atoms with van der Waals surface area (Å²) in [6.07, 6.45) is -1.72. The van der Waals surface area contributed by atoms with E-state index in [1.165, 1.54) is 24.9 Å². The van der Waals surface area contributed by atoms with Gasteiger partial charge in [0, 0.05) is 11.3 Å². The third kappa shape index (κ3) is 5.19. The van der Waals surface area contributed by atoms with Crippen LogP contribution in [-0.2, 0) is 11.3 Å². The van der Waals surface area contributed by atoms with E-state index in [0.717, 1.165) is 5.56 Å². The maximum absolute atomic E-state index is 12.6. The van der Waals surface area contributed by atoms with Crippen molar-refractivity contribution < 1.29 is 24.1 Å². The Morgan fingerprint density at radius 2 is 1.90 bits per heavy atom. The number of benzene rings is 2. The maximum atomic E-state index is 12.6. The van der Waals surface area contributed by atoms with Crippen LogP contribution in [0.5, 0.6) is 5.75 Å². The van der Waals surface area contributed by atoms with E-state index in [2.05, 4.69) is 0 Å². The Morgan fingerprint density at radius 3 is 2.59 bits per heavy atom. The summed E-state index contributed by atoms with van der Waals surface area (Å²) in [7, 11) is 1.50. The Bertz CT molecular complexity index is 988. The third-order valence-electron chi connectivity index (χ3n) is 4.53. The molecule has 2 N–H and O–H groups in total. The molecule has 3 atom stereocenters. The van der Waals surface area contributed by atoms with Crippen LogP contribution in [0.15, 0.2) is 68.9 Å². The first kappa shape index (κ1) is 21.4. The summed E-state index contributed by atoms with van der Waals surface area (Å²) < 4.78 is 17.0. The molecule has 6 nitrogen and oxygen atoms in total. The molecule has 0 aliphatic heterocycles. The van der Waals surface area contributed by atoms with Gasteiger partial charge in [-0.15, -0.1) is 0 Å². The zero-order valence-corrected chi connectivity index (χ0v) is 17.1. The summed E-state index contributed by atoms with van der Waals surface area (Å²) in [6.45, 7) is 1.73. The van der Waals surface area contributed by atoms with Crippen molar-refractivity contribution in [3.8, 4) is 5.75 Å². The van der Waals surface area contributed by atoms with E-state index in [-0.39, 0.29) is 10.7 Å². The number of hydrogen-bond acceptors (Lipinski definition) is 7. The molecule has 1 heterocycles. The van der Waals surface area contributed by atoms with Gasteiger partial charge in [-0.1, -0.05) is 55.1 Å². The fraction of sp³-hybridized carbons (Fsp3) is 0.318. The fourth-order valence-corrected chi connectivity index (χ4v) is 4.14. The van der Waals surface area contributed by atoms with E-state index in [1.807, 2.05) is 37.3 Å². The SMILES string of the molecule is COc1cccc2oc(S[C@@H](C)[C@@H](OCc3ccccc3)[C@@H](O)CO)cc(=O)c12. The van der Waals surface area contributed by atoms with Crippen LogP contribution >= 0.6 is 11.8 Å². The Hall–Kier alpha value is -2.32. The summed E-state index contributed by atoms with van der Waals surface area (Å²) in [6, 6.07) is 16.2. The normalized spacial score (nSPS) is 14.5.